The predicted molar refractivity (Wildman–Crippen MR) is 56.7 cm³/mol. The van der Waals surface area contributed by atoms with E-state index in [4.69, 9.17) is 0 Å². The van der Waals surface area contributed by atoms with E-state index in [1.165, 1.54) is 5.56 Å². The molecular formula is C11H11BrFe-6. The monoisotopic (exact) mass is 278 g/mol. The topological polar surface area (TPSA) is 0 Å². The predicted octanol–water partition coefficient (Wildman–Crippen LogP) is 3.70. The summed E-state index contributed by atoms with van der Waals surface area (Å²) in [6, 6.07) is 18.3. The van der Waals surface area contributed by atoms with E-state index >= 15 is 0 Å². The zero-order valence-corrected chi connectivity index (χ0v) is 9.82. The Balaban J connectivity index is 0.000000215. The van der Waals surface area contributed by atoms with Gasteiger partial charge in [-0.05, 0) is 5.33 Å². The Morgan fingerprint density at radius 2 is 1.31 bits per heavy atom. The first-order valence-corrected chi connectivity index (χ1v) is 4.99. The molecule has 0 aliphatic carbocycles. The van der Waals surface area contributed by atoms with E-state index in [0.717, 1.165) is 5.33 Å². The van der Waals surface area contributed by atoms with Crippen LogP contribution in [-0.4, -0.2) is 0 Å². The van der Waals surface area contributed by atoms with Crippen LogP contribution in [0.15, 0.2) is 54.6 Å². The summed E-state index contributed by atoms with van der Waals surface area (Å²) in [6.07, 6.45) is 0. The van der Waals surface area contributed by atoms with Crippen LogP contribution in [0.25, 0.3) is 0 Å². The number of halogens is 1. The van der Waals surface area contributed by atoms with Gasteiger partial charge in [0, 0.05) is 17.1 Å². The maximum Gasteiger partial charge on any atom is 0 e. The van der Waals surface area contributed by atoms with Crippen LogP contribution in [0.3, 0.4) is 0 Å². The van der Waals surface area contributed by atoms with Gasteiger partial charge in [-0.25, -0.2) is 12.1 Å². The Labute approximate surface area is 98.3 Å². The van der Waals surface area contributed by atoms with Crippen molar-refractivity contribution in [3.63, 3.8) is 0 Å². The third kappa shape index (κ3) is 5.86. The summed E-state index contributed by atoms with van der Waals surface area (Å²) in [7, 11) is 0. The normalized spacial score (nSPS) is 8.08. The van der Waals surface area contributed by atoms with Gasteiger partial charge in [0.25, 0.3) is 0 Å². The smallest absolute Gasteiger partial charge is 0 e. The number of rotatable bonds is 1. The third-order valence-corrected chi connectivity index (χ3v) is 2.09. The largest absolute Gasteiger partial charge is 0.748 e. The molecule has 0 bridgehead atoms. The van der Waals surface area contributed by atoms with Crippen molar-refractivity contribution in [2.45, 2.75) is 5.33 Å². The number of hydrogen-bond donors (Lipinski definition) is 0. The van der Waals surface area contributed by atoms with Crippen LogP contribution in [0.4, 0.5) is 0 Å². The summed E-state index contributed by atoms with van der Waals surface area (Å²) in [5.41, 5.74) is 1.35. The van der Waals surface area contributed by atoms with Gasteiger partial charge in [0.1, 0.15) is 0 Å². The number of hydrogen-bond acceptors (Lipinski definition) is 0. The molecule has 2 aromatic rings. The molecule has 2 rings (SSSR count). The maximum absolute atomic E-state index is 3.34. The van der Waals surface area contributed by atoms with Gasteiger partial charge in [0.15, 0.2) is 0 Å². The molecule has 0 nitrogen and oxygen atoms in total. The van der Waals surface area contributed by atoms with Crippen molar-refractivity contribution in [3.8, 4) is 0 Å². The van der Waals surface area contributed by atoms with E-state index in [2.05, 4.69) is 28.1 Å². The summed E-state index contributed by atoms with van der Waals surface area (Å²) in [5.74, 6) is 0. The van der Waals surface area contributed by atoms with Crippen LogP contribution >= 0.6 is 15.9 Å². The van der Waals surface area contributed by atoms with E-state index < -0.39 is 0 Å². The second kappa shape index (κ2) is 8.30. The van der Waals surface area contributed by atoms with Crippen LogP contribution in [-0.2, 0) is 22.4 Å². The van der Waals surface area contributed by atoms with Crippen molar-refractivity contribution in [2.75, 3.05) is 0 Å². The first kappa shape index (κ1) is 12.7. The second-order valence-corrected chi connectivity index (χ2v) is 2.95. The van der Waals surface area contributed by atoms with Crippen molar-refractivity contribution < 1.29 is 17.1 Å². The zero-order chi connectivity index (χ0) is 8.65. The summed E-state index contributed by atoms with van der Waals surface area (Å²) < 4.78 is 0. The van der Waals surface area contributed by atoms with Gasteiger partial charge in [0.05, 0.1) is 0 Å². The van der Waals surface area contributed by atoms with Gasteiger partial charge >= 0.3 is 0 Å². The van der Waals surface area contributed by atoms with Gasteiger partial charge in [-0.2, -0.15) is 12.1 Å². The molecule has 2 aromatic carbocycles. The standard InChI is InChI=1S/C6H6Br.C5H5.Fe/c7-5-6-3-1-2-4-6;1-2-4-5-3-1;/h1-4H,5H2;1-5H;/q-1;-5;. The summed E-state index contributed by atoms with van der Waals surface area (Å²) in [4.78, 5) is 0. The zero-order valence-electron chi connectivity index (χ0n) is 7.13. The Hall–Kier alpha value is -0.301. The molecule has 0 fully saturated rings. The van der Waals surface area contributed by atoms with Crippen LogP contribution in [0.5, 0.6) is 0 Å². The van der Waals surface area contributed by atoms with Gasteiger partial charge in [-0.15, -0.1) is 21.5 Å². The van der Waals surface area contributed by atoms with Crippen molar-refractivity contribution in [3.05, 3.63) is 60.2 Å². The average Bonchev–Trinajstić information content (AvgIpc) is 2.81. The molecule has 0 atom stereocenters. The molecule has 0 N–H and O–H groups in total. The minimum Gasteiger partial charge on any atom is -0.748 e. The van der Waals surface area contributed by atoms with Gasteiger partial charge in [-0.3, -0.25) is 0 Å². The fraction of sp³-hybridized carbons (Fsp3) is 0.0909. The summed E-state index contributed by atoms with van der Waals surface area (Å²) in [5, 5.41) is 0.972. The second-order valence-electron chi connectivity index (χ2n) is 2.39. The van der Waals surface area contributed by atoms with E-state index in [1.807, 2.05) is 42.5 Å². The fourth-order valence-corrected chi connectivity index (χ4v) is 1.20. The van der Waals surface area contributed by atoms with Gasteiger partial charge in [-0.1, -0.05) is 0 Å². The van der Waals surface area contributed by atoms with E-state index in [-0.39, 0.29) is 17.1 Å². The molecule has 0 saturated carbocycles. The van der Waals surface area contributed by atoms with Crippen LogP contribution < -0.4 is 0 Å². The molecule has 0 aliphatic rings. The molecule has 2 heteroatoms. The van der Waals surface area contributed by atoms with Crippen LogP contribution in [0.1, 0.15) is 5.56 Å². The van der Waals surface area contributed by atoms with Crippen LogP contribution in [0.2, 0.25) is 0 Å². The first-order chi connectivity index (χ1) is 5.93. The molecule has 13 heavy (non-hydrogen) atoms. The SMILES string of the molecule is BrC[c-]1cccc1.[Fe].[cH-]1[cH-][cH-][cH-][cH-]1. The molecule has 0 amide bonds. The van der Waals surface area contributed by atoms with Crippen LogP contribution in [0, 0.1) is 0 Å². The van der Waals surface area contributed by atoms with E-state index in [9.17, 15) is 0 Å². The minimum atomic E-state index is 0. The Kier molecular flexibility index (Phi) is 8.11. The summed E-state index contributed by atoms with van der Waals surface area (Å²) in [6.45, 7) is 0. The molecule has 0 saturated heterocycles. The quantitative estimate of drug-likeness (QED) is 0.424. The van der Waals surface area contributed by atoms with Gasteiger partial charge in [0.2, 0.25) is 0 Å². The molecule has 0 aliphatic heterocycles. The summed E-state index contributed by atoms with van der Waals surface area (Å²) >= 11 is 3.34. The molecule has 0 unspecified atom stereocenters. The molecule has 0 aromatic heterocycles. The van der Waals surface area contributed by atoms with Crippen molar-refractivity contribution in [1.29, 1.82) is 0 Å². The van der Waals surface area contributed by atoms with Crippen molar-refractivity contribution in [1.82, 2.24) is 0 Å². The third-order valence-electron chi connectivity index (χ3n) is 1.44. The molecule has 0 heterocycles. The van der Waals surface area contributed by atoms with Crippen molar-refractivity contribution in [2.24, 2.45) is 0 Å². The van der Waals surface area contributed by atoms with Gasteiger partial charge < -0.3 is 30.3 Å². The molecule has 0 spiro atoms. The Bertz CT molecular complexity index is 241. The van der Waals surface area contributed by atoms with E-state index in [1.54, 1.807) is 0 Å². The first-order valence-electron chi connectivity index (χ1n) is 3.86. The average molecular weight is 279 g/mol. The molecule has 76 valence electrons. The minimum absolute atomic E-state index is 0. The Morgan fingerprint density at radius 3 is 1.54 bits per heavy atom. The maximum atomic E-state index is 3.34. The van der Waals surface area contributed by atoms with E-state index in [0.29, 0.717) is 0 Å². The fourth-order valence-electron chi connectivity index (χ4n) is 0.824. The molecule has 0 radical (unpaired) electrons. The van der Waals surface area contributed by atoms with Crippen molar-refractivity contribution >= 4 is 15.9 Å². The Morgan fingerprint density at radius 1 is 0.923 bits per heavy atom. The molecular weight excluding hydrogens is 268 g/mol. The number of alkyl halides is 1.